The lowest BCUT2D eigenvalue weighted by Crippen LogP contribution is -2.07. The topological polar surface area (TPSA) is 30.7 Å². The first-order valence-corrected chi connectivity index (χ1v) is 10.9. The van der Waals surface area contributed by atoms with Gasteiger partial charge in [-0.15, -0.1) is 21.5 Å². The van der Waals surface area contributed by atoms with Gasteiger partial charge in [0.1, 0.15) is 0 Å². The summed E-state index contributed by atoms with van der Waals surface area (Å²) in [5.74, 6) is 1.13. The Morgan fingerprint density at radius 2 is 1.80 bits per heavy atom. The smallest absolute Gasteiger partial charge is 0.269 e. The summed E-state index contributed by atoms with van der Waals surface area (Å²) >= 11 is 2.88. The minimum atomic E-state index is -4.42. The molecule has 2 aromatic carbocycles. The van der Waals surface area contributed by atoms with Crippen molar-refractivity contribution in [3.63, 3.8) is 0 Å². The number of thiophene rings is 1. The zero-order chi connectivity index (χ0) is 21.0. The summed E-state index contributed by atoms with van der Waals surface area (Å²) < 4.78 is 41.4. The molecule has 0 aliphatic heterocycles. The highest BCUT2D eigenvalue weighted by atomic mass is 32.2. The van der Waals surface area contributed by atoms with Crippen LogP contribution in [0.2, 0.25) is 0 Å². The molecule has 0 aliphatic carbocycles. The average Bonchev–Trinajstić information content (AvgIpc) is 3.41. The van der Waals surface area contributed by atoms with Gasteiger partial charge in [0, 0.05) is 5.75 Å². The van der Waals surface area contributed by atoms with Gasteiger partial charge in [0.15, 0.2) is 11.0 Å². The molecule has 4 aromatic rings. The number of rotatable bonds is 6. The molecule has 2 aromatic heterocycles. The third-order valence-corrected chi connectivity index (χ3v) is 5.97. The molecule has 0 saturated carbocycles. The Morgan fingerprint density at radius 1 is 0.967 bits per heavy atom. The summed E-state index contributed by atoms with van der Waals surface area (Å²) in [4.78, 5) is 0.839. The maximum Gasteiger partial charge on any atom is 0.416 e. The van der Waals surface area contributed by atoms with Crippen LogP contribution in [-0.4, -0.2) is 20.5 Å². The van der Waals surface area contributed by atoms with Crippen molar-refractivity contribution < 1.29 is 13.2 Å². The van der Waals surface area contributed by atoms with Gasteiger partial charge < -0.3 is 0 Å². The highest BCUT2D eigenvalue weighted by Gasteiger charge is 2.31. The molecule has 4 rings (SSSR count). The molecule has 0 atom stereocenters. The fourth-order valence-corrected chi connectivity index (χ4v) is 4.31. The second kappa shape index (κ2) is 8.89. The van der Waals surface area contributed by atoms with E-state index in [4.69, 9.17) is 0 Å². The second-order valence-corrected chi connectivity index (χ2v) is 8.23. The molecule has 0 saturated heterocycles. The van der Waals surface area contributed by atoms with E-state index in [9.17, 15) is 13.2 Å². The maximum absolute atomic E-state index is 13.2. The number of hydrogen-bond acceptors (Lipinski definition) is 4. The van der Waals surface area contributed by atoms with Crippen LogP contribution in [-0.2, 0) is 6.18 Å². The minimum Gasteiger partial charge on any atom is -0.269 e. The van der Waals surface area contributed by atoms with Gasteiger partial charge in [0.2, 0.25) is 0 Å². The lowest BCUT2D eigenvalue weighted by atomic mass is 10.2. The molecule has 152 valence electrons. The van der Waals surface area contributed by atoms with Crippen LogP contribution in [0.25, 0.3) is 22.5 Å². The summed E-state index contributed by atoms with van der Waals surface area (Å²) in [6.45, 7) is 0. The molecule has 0 N–H and O–H groups in total. The Balaban J connectivity index is 1.66. The van der Waals surface area contributed by atoms with E-state index in [1.165, 1.54) is 29.2 Å². The molecular formula is C22H16F3N3S2. The molecule has 0 amide bonds. The molecule has 2 heterocycles. The van der Waals surface area contributed by atoms with Crippen molar-refractivity contribution in [2.24, 2.45) is 0 Å². The molecule has 8 heteroatoms. The maximum atomic E-state index is 13.2. The number of benzene rings is 2. The minimum absolute atomic E-state index is 0.382. The van der Waals surface area contributed by atoms with Gasteiger partial charge in [-0.05, 0) is 35.2 Å². The van der Waals surface area contributed by atoms with Gasteiger partial charge in [-0.25, -0.2) is 0 Å². The standard InChI is InChI=1S/C22H16F3N3S2/c23-22(24,25)17-10-4-11-18(15-17)28-20(19-12-6-13-29-19)26-27-21(28)30-14-5-9-16-7-2-1-3-8-16/h1-13,15H,14H2. The van der Waals surface area contributed by atoms with Crippen LogP contribution in [0.15, 0.2) is 83.3 Å². The molecule has 30 heavy (non-hydrogen) atoms. The van der Waals surface area contributed by atoms with Crippen molar-refractivity contribution >= 4 is 29.2 Å². The van der Waals surface area contributed by atoms with Gasteiger partial charge in [-0.3, -0.25) is 4.57 Å². The van der Waals surface area contributed by atoms with Crippen molar-refractivity contribution in [3.05, 3.63) is 89.3 Å². The third kappa shape index (κ3) is 4.66. The van der Waals surface area contributed by atoms with E-state index in [1.807, 2.05) is 60.0 Å². The molecule has 0 unspecified atom stereocenters. The van der Waals surface area contributed by atoms with Gasteiger partial charge in [0.25, 0.3) is 0 Å². The highest BCUT2D eigenvalue weighted by molar-refractivity contribution is 7.99. The monoisotopic (exact) mass is 443 g/mol. The number of aromatic nitrogens is 3. The fraction of sp³-hybridized carbons (Fsp3) is 0.0909. The lowest BCUT2D eigenvalue weighted by Gasteiger charge is -2.12. The zero-order valence-electron chi connectivity index (χ0n) is 15.6. The second-order valence-electron chi connectivity index (χ2n) is 6.29. The Kier molecular flexibility index (Phi) is 6.06. The van der Waals surface area contributed by atoms with Crippen molar-refractivity contribution in [3.8, 4) is 16.4 Å². The van der Waals surface area contributed by atoms with Crippen LogP contribution in [0.3, 0.4) is 0 Å². The first-order valence-electron chi connectivity index (χ1n) is 9.04. The fourth-order valence-electron chi connectivity index (χ4n) is 2.85. The van der Waals surface area contributed by atoms with Crippen molar-refractivity contribution in [1.82, 2.24) is 14.8 Å². The molecule has 0 fully saturated rings. The van der Waals surface area contributed by atoms with Crippen molar-refractivity contribution in [2.45, 2.75) is 11.3 Å². The molecule has 0 bridgehead atoms. The lowest BCUT2D eigenvalue weighted by molar-refractivity contribution is -0.137. The van der Waals surface area contributed by atoms with Crippen LogP contribution < -0.4 is 0 Å². The van der Waals surface area contributed by atoms with Crippen LogP contribution in [0.1, 0.15) is 11.1 Å². The summed E-state index contributed by atoms with van der Waals surface area (Å²) in [6, 6.07) is 18.9. The number of hydrogen-bond donors (Lipinski definition) is 0. The Bertz CT molecular complexity index is 1130. The molecule has 3 nitrogen and oxygen atoms in total. The third-order valence-electron chi connectivity index (χ3n) is 4.23. The highest BCUT2D eigenvalue weighted by Crippen LogP contribution is 2.34. The number of alkyl halides is 3. The Labute approximate surface area is 179 Å². The molecule has 0 aliphatic rings. The average molecular weight is 444 g/mol. The van der Waals surface area contributed by atoms with E-state index < -0.39 is 11.7 Å². The Morgan fingerprint density at radius 3 is 2.53 bits per heavy atom. The van der Waals surface area contributed by atoms with Crippen LogP contribution in [0, 0.1) is 0 Å². The van der Waals surface area contributed by atoms with E-state index in [0.29, 0.717) is 22.4 Å². The van der Waals surface area contributed by atoms with Crippen LogP contribution in [0.5, 0.6) is 0 Å². The molecule has 0 spiro atoms. The predicted molar refractivity (Wildman–Crippen MR) is 116 cm³/mol. The van der Waals surface area contributed by atoms with Crippen molar-refractivity contribution in [2.75, 3.05) is 5.75 Å². The quantitative estimate of drug-likeness (QED) is 0.306. The first-order chi connectivity index (χ1) is 14.5. The van der Waals surface area contributed by atoms with Crippen LogP contribution in [0.4, 0.5) is 13.2 Å². The summed E-state index contributed by atoms with van der Waals surface area (Å²) in [7, 11) is 0. The predicted octanol–water partition coefficient (Wildman–Crippen LogP) is 6.82. The van der Waals surface area contributed by atoms with Crippen LogP contribution >= 0.6 is 23.1 Å². The largest absolute Gasteiger partial charge is 0.416 e. The van der Waals surface area contributed by atoms with E-state index in [0.717, 1.165) is 22.6 Å². The van der Waals surface area contributed by atoms with Crippen molar-refractivity contribution in [1.29, 1.82) is 0 Å². The summed E-state index contributed by atoms with van der Waals surface area (Å²) in [5.41, 5.74) is 0.759. The van der Waals surface area contributed by atoms with Gasteiger partial charge in [0.05, 0.1) is 16.1 Å². The Hall–Kier alpha value is -2.84. The number of thioether (sulfide) groups is 1. The summed E-state index contributed by atoms with van der Waals surface area (Å²) in [5, 5.41) is 10.9. The first kappa shape index (κ1) is 20.4. The van der Waals surface area contributed by atoms with E-state index >= 15 is 0 Å². The van der Waals surface area contributed by atoms with E-state index in [1.54, 1.807) is 10.6 Å². The molecular weight excluding hydrogens is 427 g/mol. The zero-order valence-corrected chi connectivity index (χ0v) is 17.2. The van der Waals surface area contributed by atoms with E-state index in [2.05, 4.69) is 10.2 Å². The van der Waals surface area contributed by atoms with E-state index in [-0.39, 0.29) is 0 Å². The SMILES string of the molecule is FC(F)(F)c1cccc(-n2c(SCC=Cc3ccccc3)nnc2-c2cccs2)c1. The van der Waals surface area contributed by atoms with Gasteiger partial charge >= 0.3 is 6.18 Å². The normalized spacial score (nSPS) is 12.0. The molecule has 0 radical (unpaired) electrons. The van der Waals surface area contributed by atoms with Gasteiger partial charge in [-0.2, -0.15) is 13.2 Å². The number of halogens is 3. The summed E-state index contributed by atoms with van der Waals surface area (Å²) in [6.07, 6.45) is -0.424. The number of nitrogens with zero attached hydrogens (tertiary/aromatic N) is 3. The van der Waals surface area contributed by atoms with Gasteiger partial charge in [-0.1, -0.05) is 66.4 Å².